The highest BCUT2D eigenvalue weighted by Gasteiger charge is 2.17. The molecule has 1 rings (SSSR count). The van der Waals surface area contributed by atoms with Crippen molar-refractivity contribution in [3.8, 4) is 0 Å². The SMILES string of the molecule is CC(CCC(C)(C)C)NC(CCC(=O)O)Cc1ccccc1. The van der Waals surface area contributed by atoms with E-state index in [0.717, 1.165) is 19.3 Å². The van der Waals surface area contributed by atoms with E-state index in [1.54, 1.807) is 0 Å². The van der Waals surface area contributed by atoms with E-state index in [-0.39, 0.29) is 12.5 Å². The molecule has 22 heavy (non-hydrogen) atoms. The summed E-state index contributed by atoms with van der Waals surface area (Å²) >= 11 is 0. The lowest BCUT2D eigenvalue weighted by Gasteiger charge is -2.26. The second kappa shape index (κ2) is 8.94. The molecule has 0 amide bonds. The van der Waals surface area contributed by atoms with Crippen LogP contribution in [-0.2, 0) is 11.2 Å². The van der Waals surface area contributed by atoms with Crippen LogP contribution in [0.4, 0.5) is 0 Å². The molecule has 0 heterocycles. The van der Waals surface area contributed by atoms with Crippen molar-refractivity contribution in [2.45, 2.75) is 71.9 Å². The predicted molar refractivity (Wildman–Crippen MR) is 92.1 cm³/mol. The van der Waals surface area contributed by atoms with E-state index in [0.29, 0.717) is 17.9 Å². The fraction of sp³-hybridized carbons (Fsp3) is 0.632. The van der Waals surface area contributed by atoms with E-state index in [4.69, 9.17) is 5.11 Å². The molecular formula is C19H31NO2. The molecule has 3 heteroatoms. The minimum atomic E-state index is -0.720. The van der Waals surface area contributed by atoms with E-state index in [2.05, 4.69) is 45.1 Å². The maximum atomic E-state index is 10.9. The first-order chi connectivity index (χ1) is 10.3. The number of nitrogens with one attached hydrogen (secondary N) is 1. The quantitative estimate of drug-likeness (QED) is 0.716. The monoisotopic (exact) mass is 305 g/mol. The van der Waals surface area contributed by atoms with Gasteiger partial charge < -0.3 is 10.4 Å². The highest BCUT2D eigenvalue weighted by Crippen LogP contribution is 2.22. The average Bonchev–Trinajstić information content (AvgIpc) is 2.43. The van der Waals surface area contributed by atoms with Crippen LogP contribution in [-0.4, -0.2) is 23.2 Å². The number of rotatable bonds is 9. The van der Waals surface area contributed by atoms with Gasteiger partial charge in [-0.1, -0.05) is 51.1 Å². The Hall–Kier alpha value is -1.35. The zero-order valence-corrected chi connectivity index (χ0v) is 14.4. The molecular weight excluding hydrogens is 274 g/mol. The van der Waals surface area contributed by atoms with Crippen LogP contribution in [0, 0.1) is 5.41 Å². The van der Waals surface area contributed by atoms with Crippen molar-refractivity contribution in [3.05, 3.63) is 35.9 Å². The Balaban J connectivity index is 2.55. The van der Waals surface area contributed by atoms with E-state index >= 15 is 0 Å². The maximum Gasteiger partial charge on any atom is 0.303 e. The van der Waals surface area contributed by atoms with Crippen molar-refractivity contribution in [1.29, 1.82) is 0 Å². The van der Waals surface area contributed by atoms with Crippen LogP contribution < -0.4 is 5.32 Å². The molecule has 3 nitrogen and oxygen atoms in total. The van der Waals surface area contributed by atoms with Gasteiger partial charge in [0.05, 0.1) is 0 Å². The molecule has 124 valence electrons. The molecule has 1 aromatic carbocycles. The second-order valence-corrected chi connectivity index (χ2v) is 7.49. The third-order valence-corrected chi connectivity index (χ3v) is 3.88. The molecule has 0 fully saturated rings. The number of carbonyl (C=O) groups is 1. The third-order valence-electron chi connectivity index (χ3n) is 3.88. The lowest BCUT2D eigenvalue weighted by molar-refractivity contribution is -0.137. The van der Waals surface area contributed by atoms with Crippen LogP contribution in [0.25, 0.3) is 0 Å². The summed E-state index contributed by atoms with van der Waals surface area (Å²) in [6, 6.07) is 10.9. The summed E-state index contributed by atoms with van der Waals surface area (Å²) in [4.78, 5) is 10.9. The van der Waals surface area contributed by atoms with E-state index in [1.807, 2.05) is 18.2 Å². The molecule has 0 spiro atoms. The molecule has 2 unspecified atom stereocenters. The molecule has 0 aliphatic rings. The standard InChI is InChI=1S/C19H31NO2/c1-15(12-13-19(2,3)4)20-17(10-11-18(21)22)14-16-8-6-5-7-9-16/h5-9,15,17,20H,10-14H2,1-4H3,(H,21,22). The number of benzene rings is 1. The van der Waals surface area contributed by atoms with Gasteiger partial charge in [-0.3, -0.25) is 4.79 Å². The molecule has 0 aliphatic heterocycles. The fourth-order valence-corrected chi connectivity index (χ4v) is 2.58. The average molecular weight is 305 g/mol. The zero-order chi connectivity index (χ0) is 16.6. The normalized spacial score (nSPS) is 14.5. The summed E-state index contributed by atoms with van der Waals surface area (Å²) in [5.41, 5.74) is 1.60. The zero-order valence-electron chi connectivity index (χ0n) is 14.4. The van der Waals surface area contributed by atoms with Crippen LogP contribution in [0.5, 0.6) is 0 Å². The first-order valence-electron chi connectivity index (χ1n) is 8.28. The summed E-state index contributed by atoms with van der Waals surface area (Å²) in [6.45, 7) is 8.97. The Bertz CT molecular complexity index is 436. The topological polar surface area (TPSA) is 49.3 Å². The van der Waals surface area contributed by atoms with Crippen LogP contribution in [0.3, 0.4) is 0 Å². The molecule has 0 saturated carbocycles. The van der Waals surface area contributed by atoms with E-state index in [1.165, 1.54) is 5.56 Å². The number of hydrogen-bond acceptors (Lipinski definition) is 2. The van der Waals surface area contributed by atoms with Gasteiger partial charge in [0.1, 0.15) is 0 Å². The minimum absolute atomic E-state index is 0.216. The second-order valence-electron chi connectivity index (χ2n) is 7.49. The van der Waals surface area contributed by atoms with Crippen LogP contribution in [0.2, 0.25) is 0 Å². The van der Waals surface area contributed by atoms with Crippen molar-refractivity contribution >= 4 is 5.97 Å². The molecule has 0 aromatic heterocycles. The largest absolute Gasteiger partial charge is 0.481 e. The van der Waals surface area contributed by atoms with Crippen LogP contribution in [0.1, 0.15) is 58.9 Å². The lowest BCUT2D eigenvalue weighted by atomic mass is 9.88. The smallest absolute Gasteiger partial charge is 0.303 e. The Morgan fingerprint density at radius 2 is 1.82 bits per heavy atom. The van der Waals surface area contributed by atoms with Gasteiger partial charge in [-0.05, 0) is 43.6 Å². The predicted octanol–water partition coefficient (Wildman–Crippen LogP) is 4.27. The molecule has 0 saturated heterocycles. The Kier molecular flexibility index (Phi) is 7.60. The Morgan fingerprint density at radius 3 is 2.36 bits per heavy atom. The highest BCUT2D eigenvalue weighted by molar-refractivity contribution is 5.66. The van der Waals surface area contributed by atoms with Gasteiger partial charge in [-0.2, -0.15) is 0 Å². The molecule has 0 bridgehead atoms. The maximum absolute atomic E-state index is 10.9. The van der Waals surface area contributed by atoms with Gasteiger partial charge in [-0.15, -0.1) is 0 Å². The fourth-order valence-electron chi connectivity index (χ4n) is 2.58. The number of hydrogen-bond donors (Lipinski definition) is 2. The van der Waals surface area contributed by atoms with Crippen molar-refractivity contribution in [1.82, 2.24) is 5.32 Å². The minimum Gasteiger partial charge on any atom is -0.481 e. The summed E-state index contributed by atoms with van der Waals surface area (Å²) in [5, 5.41) is 12.6. The number of carboxylic acid groups (broad SMARTS) is 1. The molecule has 0 radical (unpaired) electrons. The summed E-state index contributed by atoms with van der Waals surface area (Å²) in [5.74, 6) is -0.720. The van der Waals surface area contributed by atoms with E-state index < -0.39 is 5.97 Å². The highest BCUT2D eigenvalue weighted by atomic mass is 16.4. The lowest BCUT2D eigenvalue weighted by Crippen LogP contribution is -2.38. The Morgan fingerprint density at radius 1 is 1.18 bits per heavy atom. The van der Waals surface area contributed by atoms with E-state index in [9.17, 15) is 4.79 Å². The Labute approximate surface area is 135 Å². The van der Waals surface area contributed by atoms with Gasteiger partial charge in [0.2, 0.25) is 0 Å². The molecule has 1 aromatic rings. The van der Waals surface area contributed by atoms with Crippen molar-refractivity contribution in [2.75, 3.05) is 0 Å². The van der Waals surface area contributed by atoms with Crippen LogP contribution >= 0.6 is 0 Å². The number of aliphatic carboxylic acids is 1. The van der Waals surface area contributed by atoms with Gasteiger partial charge in [0.15, 0.2) is 0 Å². The molecule has 2 atom stereocenters. The first-order valence-corrected chi connectivity index (χ1v) is 8.28. The van der Waals surface area contributed by atoms with Gasteiger partial charge in [0.25, 0.3) is 0 Å². The summed E-state index contributed by atoms with van der Waals surface area (Å²) in [6.07, 6.45) is 4.05. The summed E-state index contributed by atoms with van der Waals surface area (Å²) < 4.78 is 0. The summed E-state index contributed by atoms with van der Waals surface area (Å²) in [7, 11) is 0. The molecule has 0 aliphatic carbocycles. The first kappa shape index (κ1) is 18.7. The molecule has 2 N–H and O–H groups in total. The van der Waals surface area contributed by atoms with Gasteiger partial charge >= 0.3 is 5.97 Å². The van der Waals surface area contributed by atoms with Gasteiger partial charge in [0, 0.05) is 18.5 Å². The van der Waals surface area contributed by atoms with Gasteiger partial charge in [-0.25, -0.2) is 0 Å². The number of carboxylic acids is 1. The van der Waals surface area contributed by atoms with Crippen molar-refractivity contribution in [2.24, 2.45) is 5.41 Å². The van der Waals surface area contributed by atoms with Crippen molar-refractivity contribution in [3.63, 3.8) is 0 Å². The van der Waals surface area contributed by atoms with Crippen LogP contribution in [0.15, 0.2) is 30.3 Å². The van der Waals surface area contributed by atoms with Crippen molar-refractivity contribution < 1.29 is 9.90 Å². The third kappa shape index (κ3) is 8.83.